The molecule has 2 rings (SSSR count). The number of hydrogen-bond donors (Lipinski definition) is 2. The molecule has 31 heavy (non-hydrogen) atoms. The highest BCUT2D eigenvalue weighted by molar-refractivity contribution is 5.98. The highest BCUT2D eigenvalue weighted by Gasteiger charge is 2.27. The van der Waals surface area contributed by atoms with Gasteiger partial charge in [0.1, 0.15) is 23.4 Å². The number of anilines is 1. The zero-order valence-electron chi connectivity index (χ0n) is 17.7. The molecule has 0 fully saturated rings. The van der Waals surface area contributed by atoms with Crippen molar-refractivity contribution in [2.24, 2.45) is 5.92 Å². The van der Waals surface area contributed by atoms with E-state index in [1.807, 2.05) is 0 Å². The fourth-order valence-electron chi connectivity index (χ4n) is 2.69. The molecule has 2 aromatic carbocycles. The average Bonchev–Trinajstić information content (AvgIpc) is 2.75. The Labute approximate surface area is 179 Å². The molecular weight excluding hydrogens is 407 g/mol. The molecule has 0 aliphatic rings. The molecule has 166 valence electrons. The molecule has 0 saturated heterocycles. The summed E-state index contributed by atoms with van der Waals surface area (Å²) in [6.45, 7) is 2.79. The molecule has 0 radical (unpaired) electrons. The highest BCUT2D eigenvalue weighted by Crippen LogP contribution is 2.28. The van der Waals surface area contributed by atoms with Gasteiger partial charge in [-0.05, 0) is 30.2 Å². The molecule has 2 aromatic rings. The van der Waals surface area contributed by atoms with E-state index in [1.165, 1.54) is 32.4 Å². The van der Waals surface area contributed by atoms with E-state index in [9.17, 15) is 18.8 Å². The van der Waals surface area contributed by atoms with Crippen LogP contribution in [0.4, 0.5) is 10.1 Å². The van der Waals surface area contributed by atoms with Gasteiger partial charge < -0.3 is 24.8 Å². The number of amides is 2. The van der Waals surface area contributed by atoms with Crippen molar-refractivity contribution in [3.63, 3.8) is 0 Å². The first-order valence-corrected chi connectivity index (χ1v) is 9.50. The summed E-state index contributed by atoms with van der Waals surface area (Å²) in [5.74, 6) is -2.33. The summed E-state index contributed by atoms with van der Waals surface area (Å²) in [5.41, 5.74) is 0.153. The predicted octanol–water partition coefficient (Wildman–Crippen LogP) is 2.78. The van der Waals surface area contributed by atoms with Crippen molar-refractivity contribution in [2.75, 3.05) is 26.1 Å². The van der Waals surface area contributed by atoms with E-state index in [0.717, 1.165) is 6.07 Å². The first-order valence-electron chi connectivity index (χ1n) is 9.50. The lowest BCUT2D eigenvalue weighted by atomic mass is 10.0. The van der Waals surface area contributed by atoms with Crippen LogP contribution in [-0.4, -0.2) is 44.7 Å². The Morgan fingerprint density at radius 3 is 2.35 bits per heavy atom. The van der Waals surface area contributed by atoms with E-state index in [1.54, 1.807) is 32.0 Å². The first kappa shape index (κ1) is 23.7. The van der Waals surface area contributed by atoms with Crippen LogP contribution in [0.1, 0.15) is 24.2 Å². The molecule has 0 heterocycles. The Kier molecular flexibility index (Phi) is 8.36. The molecule has 0 aliphatic heterocycles. The number of benzene rings is 2. The van der Waals surface area contributed by atoms with Gasteiger partial charge in [0.15, 0.2) is 6.61 Å². The summed E-state index contributed by atoms with van der Waals surface area (Å²) in [6.07, 6.45) is 0. The summed E-state index contributed by atoms with van der Waals surface area (Å²) < 4.78 is 29.2. The molecule has 0 aromatic heterocycles. The Bertz CT molecular complexity index is 947. The van der Waals surface area contributed by atoms with Crippen molar-refractivity contribution in [3.8, 4) is 11.5 Å². The summed E-state index contributed by atoms with van der Waals surface area (Å²) in [6, 6.07) is 9.20. The largest absolute Gasteiger partial charge is 0.497 e. The second-order valence-electron chi connectivity index (χ2n) is 6.90. The number of nitrogens with one attached hydrogen (secondary N) is 2. The number of methoxy groups -OCH3 is 2. The predicted molar refractivity (Wildman–Crippen MR) is 112 cm³/mol. The molecule has 8 nitrogen and oxygen atoms in total. The van der Waals surface area contributed by atoms with Crippen LogP contribution in [0.2, 0.25) is 0 Å². The van der Waals surface area contributed by atoms with Gasteiger partial charge in [-0.2, -0.15) is 0 Å². The Hall–Kier alpha value is -3.62. The number of hydrogen-bond acceptors (Lipinski definition) is 6. The molecule has 0 saturated carbocycles. The van der Waals surface area contributed by atoms with Gasteiger partial charge in [-0.1, -0.05) is 26.0 Å². The van der Waals surface area contributed by atoms with Crippen molar-refractivity contribution in [1.82, 2.24) is 5.32 Å². The standard InChI is InChI=1S/C22H25FN2O6/c1-13(2)20(25-21(27)15-7-5-6-8-16(15)23)22(28)31-12-19(26)24-17-11-14(29-3)9-10-18(17)30-4/h5-11,13,20H,12H2,1-4H3,(H,24,26)(H,25,27)/t20-/m0/s1. The van der Waals surface area contributed by atoms with E-state index in [4.69, 9.17) is 14.2 Å². The van der Waals surface area contributed by atoms with E-state index >= 15 is 0 Å². The van der Waals surface area contributed by atoms with Gasteiger partial charge >= 0.3 is 5.97 Å². The molecule has 0 unspecified atom stereocenters. The maximum absolute atomic E-state index is 13.8. The van der Waals surface area contributed by atoms with E-state index < -0.39 is 36.2 Å². The Morgan fingerprint density at radius 1 is 1.03 bits per heavy atom. The minimum atomic E-state index is -1.06. The molecule has 9 heteroatoms. The quantitative estimate of drug-likeness (QED) is 0.591. The van der Waals surface area contributed by atoms with Gasteiger partial charge in [-0.15, -0.1) is 0 Å². The van der Waals surface area contributed by atoms with Gasteiger partial charge in [0.2, 0.25) is 0 Å². The SMILES string of the molecule is COc1ccc(OC)c(NC(=O)COC(=O)[C@@H](NC(=O)c2ccccc2F)C(C)C)c1. The number of carbonyl (C=O) groups excluding carboxylic acids is 3. The molecule has 1 atom stereocenters. The van der Waals surface area contributed by atoms with Crippen LogP contribution in [-0.2, 0) is 14.3 Å². The zero-order valence-corrected chi connectivity index (χ0v) is 17.7. The smallest absolute Gasteiger partial charge is 0.329 e. The summed E-state index contributed by atoms with van der Waals surface area (Å²) in [4.78, 5) is 37.0. The Morgan fingerprint density at radius 2 is 1.74 bits per heavy atom. The second-order valence-corrected chi connectivity index (χ2v) is 6.90. The monoisotopic (exact) mass is 432 g/mol. The summed E-state index contributed by atoms with van der Waals surface area (Å²) in [5, 5.41) is 5.03. The zero-order chi connectivity index (χ0) is 23.0. The fourth-order valence-corrected chi connectivity index (χ4v) is 2.69. The lowest BCUT2D eigenvalue weighted by Gasteiger charge is -2.21. The average molecular weight is 432 g/mol. The number of halogens is 1. The van der Waals surface area contributed by atoms with Crippen molar-refractivity contribution >= 4 is 23.5 Å². The minimum Gasteiger partial charge on any atom is -0.497 e. The third-order valence-corrected chi connectivity index (χ3v) is 4.35. The lowest BCUT2D eigenvalue weighted by Crippen LogP contribution is -2.46. The van der Waals surface area contributed by atoms with Gasteiger partial charge in [0.05, 0.1) is 25.5 Å². The Balaban J connectivity index is 1.99. The van der Waals surface area contributed by atoms with Gasteiger partial charge in [-0.25, -0.2) is 9.18 Å². The highest BCUT2D eigenvalue weighted by atomic mass is 19.1. The van der Waals surface area contributed by atoms with E-state index in [2.05, 4.69) is 10.6 Å². The van der Waals surface area contributed by atoms with Crippen LogP contribution in [0.25, 0.3) is 0 Å². The minimum absolute atomic E-state index is 0.191. The molecular formula is C22H25FN2O6. The molecule has 0 spiro atoms. The molecule has 2 amide bonds. The third-order valence-electron chi connectivity index (χ3n) is 4.35. The third kappa shape index (κ3) is 6.43. The maximum atomic E-state index is 13.8. The fraction of sp³-hybridized carbons (Fsp3) is 0.318. The lowest BCUT2D eigenvalue weighted by molar-refractivity contribution is -0.150. The van der Waals surface area contributed by atoms with Crippen LogP contribution < -0.4 is 20.1 Å². The molecule has 0 aliphatic carbocycles. The number of esters is 1. The molecule has 2 N–H and O–H groups in total. The summed E-state index contributed by atoms with van der Waals surface area (Å²) in [7, 11) is 2.93. The van der Waals surface area contributed by atoms with Crippen LogP contribution in [0.3, 0.4) is 0 Å². The topological polar surface area (TPSA) is 103 Å². The second kappa shape index (κ2) is 11.0. The van der Waals surface area contributed by atoms with E-state index in [-0.39, 0.29) is 11.5 Å². The van der Waals surface area contributed by atoms with Gasteiger partial charge in [0.25, 0.3) is 11.8 Å². The number of rotatable bonds is 9. The van der Waals surface area contributed by atoms with Crippen molar-refractivity contribution in [2.45, 2.75) is 19.9 Å². The van der Waals surface area contributed by atoms with Crippen LogP contribution >= 0.6 is 0 Å². The summed E-state index contributed by atoms with van der Waals surface area (Å²) >= 11 is 0. The molecule has 0 bridgehead atoms. The van der Waals surface area contributed by atoms with Crippen molar-refractivity contribution in [3.05, 3.63) is 53.8 Å². The van der Waals surface area contributed by atoms with E-state index in [0.29, 0.717) is 17.2 Å². The van der Waals surface area contributed by atoms with Crippen LogP contribution in [0.5, 0.6) is 11.5 Å². The van der Waals surface area contributed by atoms with Gasteiger partial charge in [0, 0.05) is 6.07 Å². The maximum Gasteiger partial charge on any atom is 0.329 e. The van der Waals surface area contributed by atoms with Crippen LogP contribution in [0, 0.1) is 11.7 Å². The first-order chi connectivity index (χ1) is 14.8. The normalized spacial score (nSPS) is 11.4. The van der Waals surface area contributed by atoms with Crippen molar-refractivity contribution < 1.29 is 33.0 Å². The van der Waals surface area contributed by atoms with Crippen LogP contribution in [0.15, 0.2) is 42.5 Å². The van der Waals surface area contributed by atoms with Gasteiger partial charge in [-0.3, -0.25) is 9.59 Å². The van der Waals surface area contributed by atoms with Crippen molar-refractivity contribution in [1.29, 1.82) is 0 Å². The number of carbonyl (C=O) groups is 3. The number of ether oxygens (including phenoxy) is 3.